The van der Waals surface area contributed by atoms with Gasteiger partial charge in [0, 0.05) is 23.7 Å². The predicted octanol–water partition coefficient (Wildman–Crippen LogP) is 3.29. The van der Waals surface area contributed by atoms with Crippen LogP contribution < -0.4 is 0 Å². The van der Waals surface area contributed by atoms with E-state index in [9.17, 15) is 23.1 Å². The van der Waals surface area contributed by atoms with Gasteiger partial charge in [0.1, 0.15) is 5.56 Å². The number of halogens is 3. The van der Waals surface area contributed by atoms with E-state index in [4.69, 9.17) is 0 Å². The number of aromatic nitrogens is 2. The molecule has 2 rings (SSSR count). The molecule has 0 aliphatic rings. The van der Waals surface area contributed by atoms with Crippen LogP contribution in [0.5, 0.6) is 0 Å². The highest BCUT2D eigenvalue weighted by Crippen LogP contribution is 2.26. The van der Waals surface area contributed by atoms with Crippen LogP contribution in [0.25, 0.3) is 5.69 Å². The van der Waals surface area contributed by atoms with Crippen molar-refractivity contribution in [1.29, 1.82) is 0 Å². The van der Waals surface area contributed by atoms with Crippen molar-refractivity contribution < 1.29 is 23.1 Å². The monoisotopic (exact) mass is 298 g/mol. The second-order valence-electron chi connectivity index (χ2n) is 5.61. The molecule has 0 saturated carbocycles. The maximum Gasteiger partial charge on any atom is 0.339 e. The van der Waals surface area contributed by atoms with E-state index in [-0.39, 0.29) is 16.9 Å². The summed E-state index contributed by atoms with van der Waals surface area (Å²) >= 11 is 0. The molecular weight excluding hydrogens is 285 g/mol. The molecule has 0 aliphatic heterocycles. The third kappa shape index (κ3) is 2.76. The van der Waals surface area contributed by atoms with Gasteiger partial charge in [-0.2, -0.15) is 5.10 Å². The van der Waals surface area contributed by atoms with Crippen molar-refractivity contribution in [3.8, 4) is 5.69 Å². The van der Waals surface area contributed by atoms with Crippen LogP contribution in [-0.2, 0) is 5.41 Å². The maximum atomic E-state index is 13.3. The summed E-state index contributed by atoms with van der Waals surface area (Å²) in [6, 6.07) is 1.51. The zero-order chi connectivity index (χ0) is 15.9. The van der Waals surface area contributed by atoms with Gasteiger partial charge in [0.2, 0.25) is 0 Å². The number of carboxylic acid groups (broad SMARTS) is 1. The zero-order valence-electron chi connectivity index (χ0n) is 11.6. The first-order chi connectivity index (χ1) is 9.61. The lowest BCUT2D eigenvalue weighted by Crippen LogP contribution is -2.16. The highest BCUT2D eigenvalue weighted by Gasteiger charge is 2.26. The van der Waals surface area contributed by atoms with E-state index >= 15 is 0 Å². The van der Waals surface area contributed by atoms with Crippen LogP contribution in [0, 0.1) is 17.5 Å². The van der Waals surface area contributed by atoms with Gasteiger partial charge in [-0.15, -0.1) is 0 Å². The van der Waals surface area contributed by atoms with Gasteiger partial charge >= 0.3 is 5.97 Å². The van der Waals surface area contributed by atoms with E-state index in [0.717, 1.165) is 23.0 Å². The minimum Gasteiger partial charge on any atom is -0.478 e. The summed E-state index contributed by atoms with van der Waals surface area (Å²) < 4.78 is 40.5. The lowest BCUT2D eigenvalue weighted by molar-refractivity contribution is 0.0694. The van der Waals surface area contributed by atoms with Crippen molar-refractivity contribution in [3.05, 3.63) is 47.0 Å². The number of hydrogen-bond donors (Lipinski definition) is 1. The van der Waals surface area contributed by atoms with Crippen LogP contribution in [-0.4, -0.2) is 20.9 Å². The number of carboxylic acids is 1. The molecular formula is C14H13F3N2O2. The fourth-order valence-electron chi connectivity index (χ4n) is 1.89. The topological polar surface area (TPSA) is 55.1 Å². The molecule has 0 radical (unpaired) electrons. The van der Waals surface area contributed by atoms with Crippen molar-refractivity contribution in [2.75, 3.05) is 0 Å². The molecule has 7 heteroatoms. The van der Waals surface area contributed by atoms with Crippen LogP contribution in [0.3, 0.4) is 0 Å². The van der Waals surface area contributed by atoms with Gasteiger partial charge in [-0.25, -0.2) is 22.6 Å². The highest BCUT2D eigenvalue weighted by atomic mass is 19.2. The highest BCUT2D eigenvalue weighted by molar-refractivity contribution is 5.89. The number of carbonyl (C=O) groups is 1. The summed E-state index contributed by atoms with van der Waals surface area (Å²) in [6.07, 6.45) is 1.15. The zero-order valence-corrected chi connectivity index (χ0v) is 11.6. The quantitative estimate of drug-likeness (QED) is 0.866. The second kappa shape index (κ2) is 4.91. The van der Waals surface area contributed by atoms with Crippen molar-refractivity contribution in [2.45, 2.75) is 26.2 Å². The SMILES string of the molecule is CC(C)(C)c1nn(-c2cc(F)c(F)c(F)c2)cc1C(=O)O. The Hall–Kier alpha value is -2.31. The molecule has 4 nitrogen and oxygen atoms in total. The molecule has 0 amide bonds. The lowest BCUT2D eigenvalue weighted by atomic mass is 9.90. The van der Waals surface area contributed by atoms with Crippen molar-refractivity contribution >= 4 is 5.97 Å². The molecule has 1 aromatic carbocycles. The Morgan fingerprint density at radius 2 is 1.71 bits per heavy atom. The van der Waals surface area contributed by atoms with Crippen LogP contribution in [0.15, 0.2) is 18.3 Å². The van der Waals surface area contributed by atoms with E-state index in [2.05, 4.69) is 5.10 Å². The summed E-state index contributed by atoms with van der Waals surface area (Å²) in [5, 5.41) is 13.2. The minimum atomic E-state index is -1.58. The number of rotatable bonds is 2. The number of nitrogens with zero attached hydrogens (tertiary/aromatic N) is 2. The largest absolute Gasteiger partial charge is 0.478 e. The van der Waals surface area contributed by atoms with Gasteiger partial charge in [0.15, 0.2) is 17.5 Å². The third-order valence-electron chi connectivity index (χ3n) is 2.89. The van der Waals surface area contributed by atoms with Crippen LogP contribution in [0.1, 0.15) is 36.8 Å². The van der Waals surface area contributed by atoms with Crippen LogP contribution >= 0.6 is 0 Å². The Kier molecular flexibility index (Phi) is 3.52. The molecule has 0 saturated heterocycles. The van der Waals surface area contributed by atoms with Crippen LogP contribution in [0.2, 0.25) is 0 Å². The Labute approximate surface area is 118 Å². The molecule has 0 bridgehead atoms. The van der Waals surface area contributed by atoms with Gasteiger partial charge < -0.3 is 5.11 Å². The summed E-state index contributed by atoms with van der Waals surface area (Å²) in [5.74, 6) is -5.51. The Morgan fingerprint density at radius 3 is 2.10 bits per heavy atom. The summed E-state index contributed by atoms with van der Waals surface area (Å²) in [4.78, 5) is 11.2. The first-order valence-electron chi connectivity index (χ1n) is 6.09. The molecule has 21 heavy (non-hydrogen) atoms. The van der Waals surface area contributed by atoms with E-state index in [1.807, 2.05) is 0 Å². The average Bonchev–Trinajstić information content (AvgIpc) is 2.80. The molecule has 0 atom stereocenters. The first kappa shape index (κ1) is 15.1. The molecule has 0 fully saturated rings. The third-order valence-corrected chi connectivity index (χ3v) is 2.89. The fraction of sp³-hybridized carbons (Fsp3) is 0.286. The second-order valence-corrected chi connectivity index (χ2v) is 5.61. The van der Waals surface area contributed by atoms with Crippen molar-refractivity contribution in [2.24, 2.45) is 0 Å². The Balaban J connectivity index is 2.64. The van der Waals surface area contributed by atoms with Gasteiger partial charge in [-0.3, -0.25) is 0 Å². The molecule has 1 aromatic heterocycles. The van der Waals surface area contributed by atoms with Gasteiger partial charge in [0.05, 0.1) is 11.4 Å². The fourth-order valence-corrected chi connectivity index (χ4v) is 1.89. The van der Waals surface area contributed by atoms with Gasteiger partial charge in [-0.1, -0.05) is 20.8 Å². The van der Waals surface area contributed by atoms with E-state index in [1.165, 1.54) is 0 Å². The lowest BCUT2D eigenvalue weighted by Gasteiger charge is -2.15. The Morgan fingerprint density at radius 1 is 1.19 bits per heavy atom. The molecule has 112 valence electrons. The van der Waals surface area contributed by atoms with Crippen LogP contribution in [0.4, 0.5) is 13.2 Å². The summed E-state index contributed by atoms with van der Waals surface area (Å²) in [7, 11) is 0. The smallest absolute Gasteiger partial charge is 0.339 e. The van der Waals surface area contributed by atoms with E-state index < -0.39 is 28.8 Å². The normalized spacial score (nSPS) is 11.7. The van der Waals surface area contributed by atoms with E-state index in [0.29, 0.717) is 0 Å². The minimum absolute atomic E-state index is 0.0763. The molecule has 1 N–H and O–H groups in total. The number of hydrogen-bond acceptors (Lipinski definition) is 2. The van der Waals surface area contributed by atoms with E-state index in [1.54, 1.807) is 20.8 Å². The summed E-state index contributed by atoms with van der Waals surface area (Å²) in [6.45, 7) is 5.29. The predicted molar refractivity (Wildman–Crippen MR) is 69.1 cm³/mol. The van der Waals surface area contributed by atoms with Gasteiger partial charge in [0.25, 0.3) is 0 Å². The first-order valence-corrected chi connectivity index (χ1v) is 6.09. The standard InChI is InChI=1S/C14H13F3N2O2/c1-14(2,3)12-8(13(20)21)6-19(18-12)7-4-9(15)11(17)10(16)5-7/h4-6H,1-3H3,(H,20,21). The summed E-state index contributed by atoms with van der Waals surface area (Å²) in [5.41, 5.74) is -0.479. The Bertz CT molecular complexity index is 694. The van der Waals surface area contributed by atoms with Crippen molar-refractivity contribution in [3.63, 3.8) is 0 Å². The number of benzene rings is 1. The van der Waals surface area contributed by atoms with Crippen molar-refractivity contribution in [1.82, 2.24) is 9.78 Å². The van der Waals surface area contributed by atoms with Gasteiger partial charge in [-0.05, 0) is 0 Å². The molecule has 0 aliphatic carbocycles. The molecule has 2 aromatic rings. The molecule has 1 heterocycles. The average molecular weight is 298 g/mol. The molecule has 0 spiro atoms. The maximum absolute atomic E-state index is 13.3. The molecule has 0 unspecified atom stereocenters. The number of aromatic carboxylic acids is 1.